The predicted octanol–water partition coefficient (Wildman–Crippen LogP) is 4.33. The zero-order valence-corrected chi connectivity index (χ0v) is 12.9. The Kier molecular flexibility index (Phi) is 5.04. The Bertz CT molecular complexity index is 490. The van der Waals surface area contributed by atoms with Gasteiger partial charge in [-0.3, -0.25) is 0 Å². The van der Waals surface area contributed by atoms with E-state index < -0.39 is 11.7 Å². The van der Waals surface area contributed by atoms with E-state index in [2.05, 4.69) is 17.1 Å². The summed E-state index contributed by atoms with van der Waals surface area (Å²) in [6, 6.07) is 4.15. The average molecular weight is 321 g/mol. The highest BCUT2D eigenvalue weighted by molar-refractivity contribution is 6.33. The van der Waals surface area contributed by atoms with Crippen molar-refractivity contribution in [2.45, 2.75) is 44.9 Å². The molecule has 0 aromatic heterocycles. The molecule has 0 spiro atoms. The lowest BCUT2D eigenvalue weighted by Gasteiger charge is -2.41. The fourth-order valence-electron chi connectivity index (χ4n) is 2.72. The standard InChI is InChI=1S/C15H20ClF3N2/c1-3-4-12-9-21(10(2)8-20-12)14-6-5-11(7-13(14)16)15(17,18)19/h5-7,10,12,20H,3-4,8-9H2,1-2H3. The summed E-state index contributed by atoms with van der Waals surface area (Å²) in [5.41, 5.74) is -0.0242. The highest BCUT2D eigenvalue weighted by atomic mass is 35.5. The molecule has 2 rings (SSSR count). The second-order valence-electron chi connectivity index (χ2n) is 5.56. The molecule has 2 nitrogen and oxygen atoms in total. The minimum Gasteiger partial charge on any atom is -0.365 e. The van der Waals surface area contributed by atoms with Gasteiger partial charge in [-0.15, -0.1) is 0 Å². The van der Waals surface area contributed by atoms with Gasteiger partial charge in [-0.1, -0.05) is 24.9 Å². The molecule has 1 fully saturated rings. The number of hydrogen-bond acceptors (Lipinski definition) is 2. The summed E-state index contributed by atoms with van der Waals surface area (Å²) in [5.74, 6) is 0. The van der Waals surface area contributed by atoms with Gasteiger partial charge in [0.25, 0.3) is 0 Å². The van der Waals surface area contributed by atoms with Gasteiger partial charge in [0.2, 0.25) is 0 Å². The Hall–Kier alpha value is -0.940. The van der Waals surface area contributed by atoms with Crippen LogP contribution in [-0.2, 0) is 6.18 Å². The number of alkyl halides is 3. The van der Waals surface area contributed by atoms with Crippen LogP contribution in [-0.4, -0.2) is 25.2 Å². The molecule has 0 amide bonds. The third-order valence-corrected chi connectivity index (χ3v) is 4.18. The first-order chi connectivity index (χ1) is 9.82. The number of halogens is 4. The smallest absolute Gasteiger partial charge is 0.365 e. The second-order valence-corrected chi connectivity index (χ2v) is 5.97. The first-order valence-electron chi connectivity index (χ1n) is 7.19. The predicted molar refractivity (Wildman–Crippen MR) is 80.0 cm³/mol. The minimum atomic E-state index is -4.36. The Labute approximate surface area is 128 Å². The van der Waals surface area contributed by atoms with Crippen molar-refractivity contribution in [2.75, 3.05) is 18.0 Å². The Morgan fingerprint density at radius 3 is 2.67 bits per heavy atom. The van der Waals surface area contributed by atoms with Gasteiger partial charge in [0.05, 0.1) is 16.3 Å². The van der Waals surface area contributed by atoms with Crippen molar-refractivity contribution in [3.63, 3.8) is 0 Å². The number of nitrogens with zero attached hydrogens (tertiary/aromatic N) is 1. The fraction of sp³-hybridized carbons (Fsp3) is 0.600. The van der Waals surface area contributed by atoms with Gasteiger partial charge in [-0.25, -0.2) is 0 Å². The molecule has 1 heterocycles. The van der Waals surface area contributed by atoms with Crippen molar-refractivity contribution >= 4 is 17.3 Å². The fourth-order valence-corrected chi connectivity index (χ4v) is 3.01. The van der Waals surface area contributed by atoms with Crippen LogP contribution < -0.4 is 10.2 Å². The molecule has 1 aromatic carbocycles. The van der Waals surface area contributed by atoms with Crippen molar-refractivity contribution in [1.29, 1.82) is 0 Å². The van der Waals surface area contributed by atoms with Gasteiger partial charge in [0.15, 0.2) is 0 Å². The average Bonchev–Trinajstić information content (AvgIpc) is 2.40. The maximum Gasteiger partial charge on any atom is 0.416 e. The van der Waals surface area contributed by atoms with Gasteiger partial charge in [0.1, 0.15) is 0 Å². The second kappa shape index (κ2) is 6.44. The lowest BCUT2D eigenvalue weighted by Crippen LogP contribution is -2.55. The molecule has 1 aliphatic heterocycles. The number of rotatable bonds is 3. The zero-order chi connectivity index (χ0) is 15.6. The summed E-state index contributed by atoms with van der Waals surface area (Å²) in [6.07, 6.45) is -2.25. The Morgan fingerprint density at radius 1 is 1.38 bits per heavy atom. The molecule has 0 radical (unpaired) electrons. The van der Waals surface area contributed by atoms with Crippen molar-refractivity contribution in [3.8, 4) is 0 Å². The summed E-state index contributed by atoms with van der Waals surface area (Å²) in [4.78, 5) is 2.10. The van der Waals surface area contributed by atoms with Gasteiger partial charge >= 0.3 is 6.18 Å². The van der Waals surface area contributed by atoms with E-state index in [1.54, 1.807) is 0 Å². The molecule has 118 valence electrons. The lowest BCUT2D eigenvalue weighted by molar-refractivity contribution is -0.137. The number of hydrogen-bond donors (Lipinski definition) is 1. The third-order valence-electron chi connectivity index (χ3n) is 3.87. The first kappa shape index (κ1) is 16.4. The molecule has 0 bridgehead atoms. The highest BCUT2D eigenvalue weighted by Crippen LogP contribution is 2.36. The minimum absolute atomic E-state index is 0.161. The van der Waals surface area contributed by atoms with E-state index in [1.807, 2.05) is 6.92 Å². The van der Waals surface area contributed by atoms with E-state index in [0.717, 1.165) is 38.1 Å². The number of anilines is 1. The summed E-state index contributed by atoms with van der Waals surface area (Å²) < 4.78 is 38.1. The first-order valence-corrected chi connectivity index (χ1v) is 7.57. The summed E-state index contributed by atoms with van der Waals surface area (Å²) in [5, 5.41) is 3.62. The van der Waals surface area contributed by atoms with Crippen molar-refractivity contribution in [3.05, 3.63) is 28.8 Å². The van der Waals surface area contributed by atoms with Crippen LogP contribution in [0.15, 0.2) is 18.2 Å². The molecular weight excluding hydrogens is 301 g/mol. The molecule has 0 aliphatic carbocycles. The number of piperazine rings is 1. The summed E-state index contributed by atoms with van der Waals surface area (Å²) >= 11 is 6.10. The van der Waals surface area contributed by atoms with Gasteiger partial charge in [-0.05, 0) is 31.5 Å². The van der Waals surface area contributed by atoms with Crippen LogP contribution >= 0.6 is 11.6 Å². The normalized spacial score (nSPS) is 23.4. The monoisotopic (exact) mass is 320 g/mol. The van der Waals surface area contributed by atoms with Crippen molar-refractivity contribution < 1.29 is 13.2 Å². The maximum absolute atomic E-state index is 12.7. The van der Waals surface area contributed by atoms with E-state index >= 15 is 0 Å². The van der Waals surface area contributed by atoms with Crippen LogP contribution in [0.4, 0.5) is 18.9 Å². The highest BCUT2D eigenvalue weighted by Gasteiger charge is 2.32. The molecule has 0 saturated carbocycles. The molecule has 2 unspecified atom stereocenters. The van der Waals surface area contributed by atoms with E-state index in [9.17, 15) is 13.2 Å². The SMILES string of the molecule is CCCC1CN(c2ccc(C(F)(F)F)cc2Cl)C(C)CN1. The molecular formula is C15H20ClF3N2. The van der Waals surface area contributed by atoms with Crippen LogP contribution in [0.25, 0.3) is 0 Å². The third kappa shape index (κ3) is 3.83. The van der Waals surface area contributed by atoms with Gasteiger partial charge in [0, 0.05) is 25.2 Å². The van der Waals surface area contributed by atoms with E-state index in [0.29, 0.717) is 11.7 Å². The van der Waals surface area contributed by atoms with Crippen LogP contribution in [0.2, 0.25) is 5.02 Å². The van der Waals surface area contributed by atoms with Crippen LogP contribution in [0.3, 0.4) is 0 Å². The molecule has 21 heavy (non-hydrogen) atoms. The van der Waals surface area contributed by atoms with Crippen LogP contribution in [0.1, 0.15) is 32.3 Å². The zero-order valence-electron chi connectivity index (χ0n) is 12.2. The van der Waals surface area contributed by atoms with Crippen molar-refractivity contribution in [2.24, 2.45) is 0 Å². The topological polar surface area (TPSA) is 15.3 Å². The molecule has 1 aliphatic rings. The molecule has 2 atom stereocenters. The quantitative estimate of drug-likeness (QED) is 0.892. The number of benzene rings is 1. The van der Waals surface area contributed by atoms with Crippen LogP contribution in [0.5, 0.6) is 0 Å². The largest absolute Gasteiger partial charge is 0.416 e. The van der Waals surface area contributed by atoms with E-state index in [4.69, 9.17) is 11.6 Å². The Morgan fingerprint density at radius 2 is 2.10 bits per heavy atom. The summed E-state index contributed by atoms with van der Waals surface area (Å²) in [6.45, 7) is 5.74. The molecule has 1 saturated heterocycles. The lowest BCUT2D eigenvalue weighted by atomic mass is 10.0. The van der Waals surface area contributed by atoms with Crippen molar-refractivity contribution in [1.82, 2.24) is 5.32 Å². The Balaban J connectivity index is 2.23. The van der Waals surface area contributed by atoms with E-state index in [1.165, 1.54) is 6.07 Å². The van der Waals surface area contributed by atoms with Gasteiger partial charge < -0.3 is 10.2 Å². The molecule has 1 aromatic rings. The van der Waals surface area contributed by atoms with Gasteiger partial charge in [-0.2, -0.15) is 13.2 Å². The molecule has 1 N–H and O–H groups in total. The summed E-state index contributed by atoms with van der Waals surface area (Å²) in [7, 11) is 0. The molecule has 6 heteroatoms. The maximum atomic E-state index is 12.7. The van der Waals surface area contributed by atoms with Crippen LogP contribution in [0, 0.1) is 0 Å². The van der Waals surface area contributed by atoms with E-state index in [-0.39, 0.29) is 11.1 Å². The number of nitrogens with one attached hydrogen (secondary N) is 1.